The molecule has 0 aliphatic heterocycles. The Kier molecular flexibility index (Phi) is 7.00. The second kappa shape index (κ2) is 9.54. The number of nitrogens with zero attached hydrogens (tertiary/aromatic N) is 1. The Balaban J connectivity index is 1.65. The quantitative estimate of drug-likeness (QED) is 0.404. The molecule has 0 heterocycles. The zero-order chi connectivity index (χ0) is 23.4. The van der Waals surface area contributed by atoms with Crippen molar-refractivity contribution >= 4 is 15.9 Å². The Morgan fingerprint density at radius 1 is 0.969 bits per heavy atom. The van der Waals surface area contributed by atoms with Crippen molar-refractivity contribution < 1.29 is 21.6 Å². The zero-order valence-electron chi connectivity index (χ0n) is 17.2. The van der Waals surface area contributed by atoms with Gasteiger partial charge in [-0.1, -0.05) is 54.1 Å². The van der Waals surface area contributed by atoms with E-state index in [-0.39, 0.29) is 23.8 Å². The molecule has 3 rings (SSSR count). The third-order valence-electron chi connectivity index (χ3n) is 4.73. The number of nitrogens with two attached hydrogens (primary N) is 1. The van der Waals surface area contributed by atoms with Crippen LogP contribution < -0.4 is 10.5 Å². The Morgan fingerprint density at radius 3 is 2.22 bits per heavy atom. The van der Waals surface area contributed by atoms with Gasteiger partial charge in [-0.3, -0.25) is 4.99 Å². The van der Waals surface area contributed by atoms with E-state index < -0.39 is 21.8 Å². The first-order valence-electron chi connectivity index (χ1n) is 9.66. The molecule has 0 bridgehead atoms. The number of rotatable bonds is 7. The lowest BCUT2D eigenvalue weighted by Crippen LogP contribution is -2.23. The molecule has 0 amide bonds. The molecule has 0 fully saturated rings. The number of aliphatic imine (C=N–C) groups is 1. The van der Waals surface area contributed by atoms with E-state index in [1.54, 1.807) is 42.5 Å². The average molecular weight is 462 g/mol. The number of nitrogens with one attached hydrogen (secondary N) is 1. The van der Waals surface area contributed by atoms with Crippen molar-refractivity contribution in [3.63, 3.8) is 0 Å². The molecule has 0 atom stereocenters. The summed E-state index contributed by atoms with van der Waals surface area (Å²) in [5, 5.41) is 0. The summed E-state index contributed by atoms with van der Waals surface area (Å²) >= 11 is 0. The molecule has 0 aliphatic rings. The molecule has 3 N–H and O–H groups in total. The van der Waals surface area contributed by atoms with Crippen LogP contribution in [-0.4, -0.2) is 14.3 Å². The van der Waals surface area contributed by atoms with Crippen molar-refractivity contribution in [1.29, 1.82) is 0 Å². The topological polar surface area (TPSA) is 84.5 Å². The lowest BCUT2D eigenvalue weighted by molar-refractivity contribution is -0.137. The van der Waals surface area contributed by atoms with Gasteiger partial charge in [0.1, 0.15) is 5.84 Å². The van der Waals surface area contributed by atoms with Crippen LogP contribution in [0.3, 0.4) is 0 Å². The number of aryl methyl sites for hydroxylation is 1. The lowest BCUT2D eigenvalue weighted by Gasteiger charge is -2.09. The van der Waals surface area contributed by atoms with Gasteiger partial charge in [-0.25, -0.2) is 13.1 Å². The summed E-state index contributed by atoms with van der Waals surface area (Å²) in [7, 11) is -3.64. The molecule has 3 aromatic carbocycles. The van der Waals surface area contributed by atoms with Crippen molar-refractivity contribution in [2.75, 3.05) is 0 Å². The van der Waals surface area contributed by atoms with Crippen LogP contribution in [0.25, 0.3) is 0 Å². The van der Waals surface area contributed by atoms with Gasteiger partial charge in [-0.15, -0.1) is 0 Å². The van der Waals surface area contributed by atoms with Gasteiger partial charge < -0.3 is 5.73 Å². The standard InChI is InChI=1S/C23H22F3N3O2S/c1-16-5-11-21(12-6-16)32(30,31)29-15-18-4-2-3-17(13-18)14-28-22(27)19-7-9-20(10-8-19)23(24,25)26/h2-13,29H,14-15H2,1H3,(H2,27,28). The fourth-order valence-electron chi connectivity index (χ4n) is 2.91. The first-order chi connectivity index (χ1) is 15.0. The van der Waals surface area contributed by atoms with E-state index in [9.17, 15) is 21.6 Å². The second-order valence-corrected chi connectivity index (χ2v) is 9.00. The average Bonchev–Trinajstić information content (AvgIpc) is 2.76. The number of hydrogen-bond acceptors (Lipinski definition) is 3. The normalized spacial score (nSPS) is 12.7. The minimum absolute atomic E-state index is 0.0994. The number of halogens is 3. The maximum Gasteiger partial charge on any atom is 0.416 e. The first-order valence-corrected chi connectivity index (χ1v) is 11.1. The van der Waals surface area contributed by atoms with Gasteiger partial charge in [0.05, 0.1) is 17.0 Å². The van der Waals surface area contributed by atoms with E-state index in [4.69, 9.17) is 5.73 Å². The molecule has 0 aromatic heterocycles. The van der Waals surface area contributed by atoms with Crippen molar-refractivity contribution in [1.82, 2.24) is 4.72 Å². The van der Waals surface area contributed by atoms with Crippen molar-refractivity contribution in [3.05, 3.63) is 101 Å². The number of alkyl halides is 3. The summed E-state index contributed by atoms with van der Waals surface area (Å²) in [4.78, 5) is 4.42. The smallest absolute Gasteiger partial charge is 0.383 e. The van der Waals surface area contributed by atoms with Gasteiger partial charge in [0.2, 0.25) is 10.0 Å². The largest absolute Gasteiger partial charge is 0.416 e. The van der Waals surface area contributed by atoms with E-state index in [2.05, 4.69) is 9.71 Å². The second-order valence-electron chi connectivity index (χ2n) is 7.23. The van der Waals surface area contributed by atoms with Crippen LogP contribution in [-0.2, 0) is 29.3 Å². The van der Waals surface area contributed by atoms with Gasteiger partial charge in [0.25, 0.3) is 0 Å². The van der Waals surface area contributed by atoms with Crippen molar-refractivity contribution in [2.45, 2.75) is 31.1 Å². The summed E-state index contributed by atoms with van der Waals surface area (Å²) < 4.78 is 65.5. The highest BCUT2D eigenvalue weighted by Crippen LogP contribution is 2.29. The van der Waals surface area contributed by atoms with Gasteiger partial charge in [0, 0.05) is 12.1 Å². The van der Waals surface area contributed by atoms with Crippen LogP contribution in [0.15, 0.2) is 82.7 Å². The molecule has 5 nitrogen and oxygen atoms in total. The van der Waals surface area contributed by atoms with E-state index in [0.717, 1.165) is 28.8 Å². The summed E-state index contributed by atoms with van der Waals surface area (Å²) in [6.45, 7) is 2.18. The fourth-order valence-corrected chi connectivity index (χ4v) is 3.93. The van der Waals surface area contributed by atoms with Crippen molar-refractivity contribution in [3.8, 4) is 0 Å². The molecule has 0 radical (unpaired) electrons. The Morgan fingerprint density at radius 2 is 1.59 bits per heavy atom. The highest BCUT2D eigenvalue weighted by Gasteiger charge is 2.30. The zero-order valence-corrected chi connectivity index (χ0v) is 18.0. The lowest BCUT2D eigenvalue weighted by atomic mass is 10.1. The molecule has 32 heavy (non-hydrogen) atoms. The third kappa shape index (κ3) is 6.18. The Hall–Kier alpha value is -3.17. The predicted molar refractivity (Wildman–Crippen MR) is 118 cm³/mol. The van der Waals surface area contributed by atoms with Gasteiger partial charge in [0.15, 0.2) is 0 Å². The van der Waals surface area contributed by atoms with E-state index in [1.165, 1.54) is 12.1 Å². The van der Waals surface area contributed by atoms with Gasteiger partial charge in [-0.2, -0.15) is 13.2 Å². The molecule has 0 unspecified atom stereocenters. The molecular weight excluding hydrogens is 439 g/mol. The minimum atomic E-state index is -4.41. The third-order valence-corrected chi connectivity index (χ3v) is 6.15. The van der Waals surface area contributed by atoms with E-state index in [1.807, 2.05) is 13.0 Å². The minimum Gasteiger partial charge on any atom is -0.383 e. The molecular formula is C23H22F3N3O2S. The molecule has 168 valence electrons. The maximum atomic E-state index is 12.7. The summed E-state index contributed by atoms with van der Waals surface area (Å²) in [6.07, 6.45) is -4.41. The van der Waals surface area contributed by atoms with Crippen LogP contribution in [0.1, 0.15) is 27.8 Å². The molecule has 3 aromatic rings. The summed E-state index contributed by atoms with van der Waals surface area (Å²) in [6, 6.07) is 18.2. The summed E-state index contributed by atoms with van der Waals surface area (Å²) in [5.41, 5.74) is 8.03. The van der Waals surface area contributed by atoms with Crippen molar-refractivity contribution in [2.24, 2.45) is 10.7 Å². The van der Waals surface area contributed by atoms with Gasteiger partial charge in [-0.05, 0) is 42.3 Å². The van der Waals surface area contributed by atoms with E-state index in [0.29, 0.717) is 5.56 Å². The molecule has 0 spiro atoms. The number of benzene rings is 3. The van der Waals surface area contributed by atoms with Crippen LogP contribution in [0.4, 0.5) is 13.2 Å². The molecule has 9 heteroatoms. The molecule has 0 saturated carbocycles. The monoisotopic (exact) mass is 461 g/mol. The Bertz CT molecular complexity index is 1200. The van der Waals surface area contributed by atoms with Crippen LogP contribution in [0, 0.1) is 6.92 Å². The molecule has 0 saturated heterocycles. The van der Waals surface area contributed by atoms with Crippen LogP contribution in [0.2, 0.25) is 0 Å². The maximum absolute atomic E-state index is 12.7. The number of sulfonamides is 1. The number of amidine groups is 1. The number of hydrogen-bond donors (Lipinski definition) is 2. The van der Waals surface area contributed by atoms with Crippen LogP contribution in [0.5, 0.6) is 0 Å². The molecule has 0 aliphatic carbocycles. The summed E-state index contributed by atoms with van der Waals surface area (Å²) in [5.74, 6) is 0.115. The predicted octanol–water partition coefficient (Wildman–Crippen LogP) is 4.40. The first kappa shape index (κ1) is 23.5. The van der Waals surface area contributed by atoms with Gasteiger partial charge >= 0.3 is 6.18 Å². The van der Waals surface area contributed by atoms with E-state index >= 15 is 0 Å². The Labute approximate surface area is 184 Å². The highest BCUT2D eigenvalue weighted by molar-refractivity contribution is 7.89. The fraction of sp³-hybridized carbons (Fsp3) is 0.174. The highest BCUT2D eigenvalue weighted by atomic mass is 32.2. The van der Waals surface area contributed by atoms with Crippen LogP contribution >= 0.6 is 0 Å². The SMILES string of the molecule is Cc1ccc(S(=O)(=O)NCc2cccc(CN=C(N)c3ccc(C(F)(F)F)cc3)c2)cc1.